The van der Waals surface area contributed by atoms with Gasteiger partial charge in [0.1, 0.15) is 0 Å². The minimum Gasteiger partial charge on any atom is -0.493 e. The third-order valence-corrected chi connectivity index (χ3v) is 3.02. The molecular formula is C12H14ClNO2. The second-order valence-electron chi connectivity index (χ2n) is 3.57. The van der Waals surface area contributed by atoms with Crippen molar-refractivity contribution in [1.82, 2.24) is 5.32 Å². The maximum Gasteiger partial charge on any atom is 0.177 e. The molecule has 0 bridgehead atoms. The first-order valence-corrected chi connectivity index (χ1v) is 5.53. The SMILES string of the molecule is CNCCc1cc(OC)c2occc2c1Cl. The second kappa shape index (κ2) is 4.76. The van der Waals surface area contributed by atoms with Crippen LogP contribution in [0.15, 0.2) is 22.8 Å². The lowest BCUT2D eigenvalue weighted by Gasteiger charge is -2.08. The number of hydrogen-bond acceptors (Lipinski definition) is 3. The molecule has 86 valence electrons. The molecule has 0 atom stereocenters. The predicted molar refractivity (Wildman–Crippen MR) is 65.4 cm³/mol. The van der Waals surface area contributed by atoms with Crippen LogP contribution < -0.4 is 10.1 Å². The first-order chi connectivity index (χ1) is 7.77. The zero-order valence-corrected chi connectivity index (χ0v) is 10.1. The smallest absolute Gasteiger partial charge is 0.177 e. The van der Waals surface area contributed by atoms with E-state index in [0.717, 1.165) is 34.7 Å². The van der Waals surface area contributed by atoms with Crippen LogP contribution in [-0.4, -0.2) is 20.7 Å². The Balaban J connectivity index is 2.52. The third-order valence-electron chi connectivity index (χ3n) is 2.58. The van der Waals surface area contributed by atoms with Gasteiger partial charge in [-0.25, -0.2) is 0 Å². The topological polar surface area (TPSA) is 34.4 Å². The number of benzene rings is 1. The van der Waals surface area contributed by atoms with Crippen molar-refractivity contribution in [3.05, 3.63) is 29.0 Å². The van der Waals surface area contributed by atoms with E-state index >= 15 is 0 Å². The Morgan fingerprint density at radius 2 is 2.31 bits per heavy atom. The highest BCUT2D eigenvalue weighted by Crippen LogP contribution is 2.35. The molecule has 1 aromatic carbocycles. The minimum absolute atomic E-state index is 0.709. The standard InChI is InChI=1S/C12H14ClNO2/c1-14-5-3-8-7-10(15-2)12-9(11(8)13)4-6-16-12/h4,6-7,14H,3,5H2,1-2H3. The number of halogens is 1. The number of ether oxygens (including phenoxy) is 1. The maximum atomic E-state index is 6.30. The van der Waals surface area contributed by atoms with Crippen molar-refractivity contribution >= 4 is 22.6 Å². The molecule has 0 amide bonds. The lowest BCUT2D eigenvalue weighted by Crippen LogP contribution is -2.10. The van der Waals surface area contributed by atoms with Crippen LogP contribution in [0.3, 0.4) is 0 Å². The molecule has 0 spiro atoms. The van der Waals surface area contributed by atoms with Crippen LogP contribution in [0.4, 0.5) is 0 Å². The van der Waals surface area contributed by atoms with Crippen LogP contribution in [0.25, 0.3) is 11.0 Å². The molecule has 1 heterocycles. The molecule has 0 aliphatic rings. The molecule has 0 unspecified atom stereocenters. The molecule has 0 aliphatic heterocycles. The van der Waals surface area contributed by atoms with E-state index in [4.69, 9.17) is 20.8 Å². The predicted octanol–water partition coefficient (Wildman–Crippen LogP) is 2.86. The zero-order valence-electron chi connectivity index (χ0n) is 9.34. The van der Waals surface area contributed by atoms with Gasteiger partial charge in [-0.2, -0.15) is 0 Å². The molecule has 3 nitrogen and oxygen atoms in total. The summed E-state index contributed by atoms with van der Waals surface area (Å²) in [6.45, 7) is 0.881. The van der Waals surface area contributed by atoms with Crippen molar-refractivity contribution in [3.8, 4) is 5.75 Å². The number of furan rings is 1. The van der Waals surface area contributed by atoms with E-state index in [-0.39, 0.29) is 0 Å². The number of likely N-dealkylation sites (N-methyl/N-ethyl adjacent to an activating group) is 1. The van der Waals surface area contributed by atoms with E-state index in [1.165, 1.54) is 0 Å². The van der Waals surface area contributed by atoms with Crippen LogP contribution in [0.1, 0.15) is 5.56 Å². The summed E-state index contributed by atoms with van der Waals surface area (Å²) in [7, 11) is 3.55. The summed E-state index contributed by atoms with van der Waals surface area (Å²) in [5.41, 5.74) is 1.78. The van der Waals surface area contributed by atoms with Crippen LogP contribution in [-0.2, 0) is 6.42 Å². The van der Waals surface area contributed by atoms with E-state index in [1.807, 2.05) is 19.2 Å². The molecule has 0 aliphatic carbocycles. The molecule has 2 rings (SSSR count). The Labute approximate surface area is 99.3 Å². The van der Waals surface area contributed by atoms with Gasteiger partial charge in [-0.05, 0) is 37.7 Å². The van der Waals surface area contributed by atoms with Gasteiger partial charge in [0.2, 0.25) is 0 Å². The Morgan fingerprint density at radius 1 is 1.50 bits per heavy atom. The fourth-order valence-electron chi connectivity index (χ4n) is 1.73. The summed E-state index contributed by atoms with van der Waals surface area (Å²) in [6.07, 6.45) is 2.49. The molecule has 1 N–H and O–H groups in total. The lowest BCUT2D eigenvalue weighted by atomic mass is 10.1. The molecule has 0 radical (unpaired) electrons. The van der Waals surface area contributed by atoms with Crippen LogP contribution in [0, 0.1) is 0 Å². The van der Waals surface area contributed by atoms with E-state index in [9.17, 15) is 0 Å². The van der Waals surface area contributed by atoms with Gasteiger partial charge >= 0.3 is 0 Å². The van der Waals surface area contributed by atoms with Gasteiger partial charge in [0.25, 0.3) is 0 Å². The van der Waals surface area contributed by atoms with E-state index < -0.39 is 0 Å². The average molecular weight is 240 g/mol. The molecule has 0 saturated heterocycles. The number of fused-ring (bicyclic) bond motifs is 1. The van der Waals surface area contributed by atoms with Gasteiger partial charge in [-0.3, -0.25) is 0 Å². The largest absolute Gasteiger partial charge is 0.493 e. The molecule has 16 heavy (non-hydrogen) atoms. The first-order valence-electron chi connectivity index (χ1n) is 5.15. The van der Waals surface area contributed by atoms with Crippen LogP contribution in [0.2, 0.25) is 5.02 Å². The van der Waals surface area contributed by atoms with Crippen molar-refractivity contribution in [2.75, 3.05) is 20.7 Å². The Kier molecular flexibility index (Phi) is 3.36. The average Bonchev–Trinajstić information content (AvgIpc) is 2.78. The lowest BCUT2D eigenvalue weighted by molar-refractivity contribution is 0.409. The number of nitrogens with one attached hydrogen (secondary N) is 1. The maximum absolute atomic E-state index is 6.30. The van der Waals surface area contributed by atoms with Crippen molar-refractivity contribution in [1.29, 1.82) is 0 Å². The summed E-state index contributed by atoms with van der Waals surface area (Å²) in [5.74, 6) is 0.732. The van der Waals surface area contributed by atoms with Crippen LogP contribution in [0.5, 0.6) is 5.75 Å². The van der Waals surface area contributed by atoms with Gasteiger partial charge in [0.15, 0.2) is 11.3 Å². The highest BCUT2D eigenvalue weighted by Gasteiger charge is 2.13. The monoisotopic (exact) mass is 239 g/mol. The molecule has 2 aromatic rings. The van der Waals surface area contributed by atoms with Crippen molar-refractivity contribution < 1.29 is 9.15 Å². The van der Waals surface area contributed by atoms with E-state index in [0.29, 0.717) is 5.58 Å². The molecular weight excluding hydrogens is 226 g/mol. The van der Waals surface area contributed by atoms with E-state index in [2.05, 4.69) is 5.32 Å². The first kappa shape index (κ1) is 11.3. The van der Waals surface area contributed by atoms with E-state index in [1.54, 1.807) is 13.4 Å². The van der Waals surface area contributed by atoms with Crippen molar-refractivity contribution in [2.45, 2.75) is 6.42 Å². The van der Waals surface area contributed by atoms with Gasteiger partial charge in [-0.15, -0.1) is 0 Å². The zero-order chi connectivity index (χ0) is 11.5. The summed E-state index contributed by atoms with van der Waals surface area (Å²) < 4.78 is 10.6. The minimum atomic E-state index is 0.709. The second-order valence-corrected chi connectivity index (χ2v) is 3.95. The summed E-state index contributed by atoms with van der Waals surface area (Å²) in [6, 6.07) is 3.80. The Hall–Kier alpha value is -1.19. The molecule has 4 heteroatoms. The third kappa shape index (κ3) is 1.88. The highest BCUT2D eigenvalue weighted by atomic mass is 35.5. The molecule has 0 saturated carbocycles. The number of methoxy groups -OCH3 is 1. The highest BCUT2D eigenvalue weighted by molar-refractivity contribution is 6.36. The summed E-state index contributed by atoms with van der Waals surface area (Å²) in [4.78, 5) is 0. The normalized spacial score (nSPS) is 10.9. The van der Waals surface area contributed by atoms with Crippen molar-refractivity contribution in [2.24, 2.45) is 0 Å². The molecule has 0 fully saturated rings. The summed E-state index contributed by atoms with van der Waals surface area (Å²) in [5, 5.41) is 4.76. The quantitative estimate of drug-likeness (QED) is 0.891. The van der Waals surface area contributed by atoms with Gasteiger partial charge in [0.05, 0.1) is 18.4 Å². The molecule has 1 aromatic heterocycles. The van der Waals surface area contributed by atoms with Gasteiger partial charge in [-0.1, -0.05) is 11.6 Å². The number of hydrogen-bond donors (Lipinski definition) is 1. The summed E-state index contributed by atoms with van der Waals surface area (Å²) >= 11 is 6.30. The van der Waals surface area contributed by atoms with Crippen molar-refractivity contribution in [3.63, 3.8) is 0 Å². The van der Waals surface area contributed by atoms with Crippen LogP contribution >= 0.6 is 11.6 Å². The Bertz CT molecular complexity index is 493. The van der Waals surface area contributed by atoms with Gasteiger partial charge in [0, 0.05) is 5.39 Å². The Morgan fingerprint density at radius 3 is 3.00 bits per heavy atom. The fraction of sp³-hybridized carbons (Fsp3) is 0.333. The number of rotatable bonds is 4. The van der Waals surface area contributed by atoms with Gasteiger partial charge < -0.3 is 14.5 Å². The fourth-order valence-corrected chi connectivity index (χ4v) is 2.02.